The molecule has 0 aromatic rings. The smallest absolute Gasteiger partial charge is 0.315 e. The number of hydrogen-bond acceptors (Lipinski definition) is 2. The minimum absolute atomic E-state index is 0.199. The lowest BCUT2D eigenvalue weighted by molar-refractivity contribution is -0.143. The van der Waals surface area contributed by atoms with Gasteiger partial charge in [0, 0.05) is 6.54 Å². The Morgan fingerprint density at radius 1 is 1.22 bits per heavy atom. The molecular formula is C13H20N2O3. The van der Waals surface area contributed by atoms with Crippen LogP contribution in [0, 0.1) is 23.7 Å². The average Bonchev–Trinajstić information content (AvgIpc) is 2.37. The van der Waals surface area contributed by atoms with Crippen LogP contribution in [-0.4, -0.2) is 30.2 Å². The summed E-state index contributed by atoms with van der Waals surface area (Å²) in [7, 11) is 0. The first-order valence-corrected chi connectivity index (χ1v) is 6.27. The summed E-state index contributed by atoms with van der Waals surface area (Å²) in [6.45, 7) is 2.69. The van der Waals surface area contributed by atoms with Gasteiger partial charge in [0.15, 0.2) is 0 Å². The number of nitrogens with one attached hydrogen (secondary N) is 2. The predicted molar refractivity (Wildman–Crippen MR) is 67.9 cm³/mol. The lowest BCUT2D eigenvalue weighted by Crippen LogP contribution is -2.39. The topological polar surface area (TPSA) is 78.4 Å². The first-order chi connectivity index (χ1) is 8.63. The van der Waals surface area contributed by atoms with Gasteiger partial charge in [-0.1, -0.05) is 5.92 Å². The van der Waals surface area contributed by atoms with Gasteiger partial charge in [-0.15, -0.1) is 5.92 Å². The van der Waals surface area contributed by atoms with Crippen LogP contribution >= 0.6 is 0 Å². The summed E-state index contributed by atoms with van der Waals surface area (Å²) < 4.78 is 0. The molecule has 2 amide bonds. The van der Waals surface area contributed by atoms with Crippen molar-refractivity contribution < 1.29 is 14.7 Å². The maximum absolute atomic E-state index is 11.3. The first kappa shape index (κ1) is 14.4. The quantitative estimate of drug-likeness (QED) is 0.658. The Morgan fingerprint density at radius 3 is 2.44 bits per heavy atom. The Kier molecular flexibility index (Phi) is 6.06. The molecular weight excluding hydrogens is 232 g/mol. The van der Waals surface area contributed by atoms with Gasteiger partial charge in [0.2, 0.25) is 0 Å². The fourth-order valence-electron chi connectivity index (χ4n) is 2.13. The van der Waals surface area contributed by atoms with E-state index in [1.54, 1.807) is 6.92 Å². The molecule has 1 fully saturated rings. The van der Waals surface area contributed by atoms with Gasteiger partial charge in [-0.05, 0) is 38.5 Å². The Balaban J connectivity index is 2.15. The molecule has 0 unspecified atom stereocenters. The number of carbonyl (C=O) groups excluding carboxylic acids is 1. The molecule has 0 aromatic heterocycles. The van der Waals surface area contributed by atoms with Crippen LogP contribution in [0.4, 0.5) is 4.79 Å². The van der Waals surface area contributed by atoms with E-state index in [1.165, 1.54) is 0 Å². The maximum Gasteiger partial charge on any atom is 0.315 e. The highest BCUT2D eigenvalue weighted by molar-refractivity contribution is 5.74. The first-order valence-electron chi connectivity index (χ1n) is 6.27. The Labute approximate surface area is 107 Å². The molecule has 0 atom stereocenters. The average molecular weight is 252 g/mol. The molecule has 5 heteroatoms. The predicted octanol–water partition coefficient (Wildman–Crippen LogP) is 1.20. The monoisotopic (exact) mass is 252 g/mol. The summed E-state index contributed by atoms with van der Waals surface area (Å²) >= 11 is 0. The molecule has 0 saturated heterocycles. The third-order valence-corrected chi connectivity index (χ3v) is 3.26. The zero-order valence-electron chi connectivity index (χ0n) is 10.7. The third kappa shape index (κ3) is 5.09. The highest BCUT2D eigenvalue weighted by Crippen LogP contribution is 2.28. The molecule has 3 N–H and O–H groups in total. The normalized spacial score (nSPS) is 22.5. The van der Waals surface area contributed by atoms with Crippen molar-refractivity contribution in [2.75, 3.05) is 13.1 Å². The molecule has 1 aliphatic rings. The van der Waals surface area contributed by atoms with E-state index < -0.39 is 5.97 Å². The number of carboxylic acids is 1. The summed E-state index contributed by atoms with van der Waals surface area (Å²) in [4.78, 5) is 22.1. The molecule has 100 valence electrons. The number of carboxylic acid groups (broad SMARTS) is 1. The summed E-state index contributed by atoms with van der Waals surface area (Å²) in [6.07, 6.45) is 3.16. The largest absolute Gasteiger partial charge is 0.481 e. The third-order valence-electron chi connectivity index (χ3n) is 3.26. The Bertz CT molecular complexity index is 349. The van der Waals surface area contributed by atoms with Crippen LogP contribution in [0.5, 0.6) is 0 Å². The van der Waals surface area contributed by atoms with Gasteiger partial charge in [-0.2, -0.15) is 0 Å². The lowest BCUT2D eigenvalue weighted by Gasteiger charge is -2.26. The van der Waals surface area contributed by atoms with Crippen molar-refractivity contribution in [1.82, 2.24) is 10.6 Å². The fourth-order valence-corrected chi connectivity index (χ4v) is 2.13. The molecule has 0 spiro atoms. The SMILES string of the molecule is CC#CCNC(=O)NCC1CCC(C(=O)O)CC1. The number of urea groups is 1. The van der Waals surface area contributed by atoms with Crippen LogP contribution in [0.25, 0.3) is 0 Å². The van der Waals surface area contributed by atoms with Crippen LogP contribution in [0.2, 0.25) is 0 Å². The number of amides is 2. The van der Waals surface area contributed by atoms with E-state index in [9.17, 15) is 9.59 Å². The van der Waals surface area contributed by atoms with E-state index in [-0.39, 0.29) is 11.9 Å². The van der Waals surface area contributed by atoms with Gasteiger partial charge in [0.05, 0.1) is 12.5 Å². The van der Waals surface area contributed by atoms with Gasteiger partial charge in [-0.25, -0.2) is 4.79 Å². The molecule has 1 saturated carbocycles. The second-order valence-corrected chi connectivity index (χ2v) is 4.55. The molecule has 0 aliphatic heterocycles. The van der Waals surface area contributed by atoms with Crippen molar-refractivity contribution in [3.05, 3.63) is 0 Å². The van der Waals surface area contributed by atoms with Gasteiger partial charge < -0.3 is 15.7 Å². The van der Waals surface area contributed by atoms with Gasteiger partial charge >= 0.3 is 12.0 Å². The molecule has 0 radical (unpaired) electrons. The minimum Gasteiger partial charge on any atom is -0.481 e. The van der Waals surface area contributed by atoms with E-state index in [0.29, 0.717) is 31.8 Å². The Morgan fingerprint density at radius 2 is 1.89 bits per heavy atom. The van der Waals surface area contributed by atoms with Crippen molar-refractivity contribution in [2.24, 2.45) is 11.8 Å². The molecule has 18 heavy (non-hydrogen) atoms. The van der Waals surface area contributed by atoms with E-state index in [4.69, 9.17) is 5.11 Å². The van der Waals surface area contributed by atoms with Crippen LogP contribution in [-0.2, 0) is 4.79 Å². The number of aliphatic carboxylic acids is 1. The lowest BCUT2D eigenvalue weighted by atomic mass is 9.82. The van der Waals surface area contributed by atoms with E-state index in [2.05, 4.69) is 22.5 Å². The summed E-state index contributed by atoms with van der Waals surface area (Å²) in [5.74, 6) is 4.94. The van der Waals surface area contributed by atoms with Gasteiger partial charge in [0.1, 0.15) is 0 Å². The highest BCUT2D eigenvalue weighted by atomic mass is 16.4. The second kappa shape index (κ2) is 7.59. The number of rotatable bonds is 4. The number of carbonyl (C=O) groups is 2. The molecule has 1 aliphatic carbocycles. The molecule has 5 nitrogen and oxygen atoms in total. The summed E-state index contributed by atoms with van der Waals surface area (Å²) in [5, 5.41) is 14.3. The van der Waals surface area contributed by atoms with Crippen molar-refractivity contribution in [3.63, 3.8) is 0 Å². The van der Waals surface area contributed by atoms with E-state index in [0.717, 1.165) is 12.8 Å². The van der Waals surface area contributed by atoms with Gasteiger partial charge in [0.25, 0.3) is 0 Å². The van der Waals surface area contributed by atoms with E-state index in [1.807, 2.05) is 0 Å². The van der Waals surface area contributed by atoms with E-state index >= 15 is 0 Å². The van der Waals surface area contributed by atoms with Crippen molar-refractivity contribution >= 4 is 12.0 Å². The zero-order chi connectivity index (χ0) is 13.4. The minimum atomic E-state index is -0.697. The molecule has 0 heterocycles. The Hall–Kier alpha value is -1.70. The summed E-state index contributed by atoms with van der Waals surface area (Å²) in [5.41, 5.74) is 0. The van der Waals surface area contributed by atoms with Crippen LogP contribution in [0.1, 0.15) is 32.6 Å². The number of hydrogen-bond donors (Lipinski definition) is 3. The van der Waals surface area contributed by atoms with Crippen LogP contribution in [0.15, 0.2) is 0 Å². The summed E-state index contributed by atoms with van der Waals surface area (Å²) in [6, 6.07) is -0.210. The second-order valence-electron chi connectivity index (χ2n) is 4.55. The fraction of sp³-hybridized carbons (Fsp3) is 0.692. The van der Waals surface area contributed by atoms with Crippen LogP contribution < -0.4 is 10.6 Å². The van der Waals surface area contributed by atoms with Crippen molar-refractivity contribution in [1.29, 1.82) is 0 Å². The maximum atomic E-state index is 11.3. The van der Waals surface area contributed by atoms with Crippen LogP contribution in [0.3, 0.4) is 0 Å². The standard InChI is InChI=1S/C13H20N2O3/c1-2-3-8-14-13(18)15-9-10-4-6-11(7-5-10)12(16)17/h10-11H,4-9H2,1H3,(H,16,17)(H2,14,15,18). The van der Waals surface area contributed by atoms with Gasteiger partial charge in [-0.3, -0.25) is 4.79 Å². The molecule has 1 rings (SSSR count). The van der Waals surface area contributed by atoms with Crippen molar-refractivity contribution in [3.8, 4) is 11.8 Å². The van der Waals surface area contributed by atoms with Crippen molar-refractivity contribution in [2.45, 2.75) is 32.6 Å². The molecule has 0 bridgehead atoms. The zero-order valence-corrected chi connectivity index (χ0v) is 10.7. The highest BCUT2D eigenvalue weighted by Gasteiger charge is 2.25. The molecule has 0 aromatic carbocycles.